The molecule has 0 saturated heterocycles. The Balaban J connectivity index is 0.000000112. The minimum Gasteiger partial charge on any atom is -0.365 e. The van der Waals surface area contributed by atoms with Crippen LogP contribution < -0.4 is 0 Å². The highest BCUT2D eigenvalue weighted by atomic mass is 16.5. The highest BCUT2D eigenvalue weighted by molar-refractivity contribution is 4.67. The van der Waals surface area contributed by atoms with E-state index in [2.05, 4.69) is 24.9 Å². The summed E-state index contributed by atoms with van der Waals surface area (Å²) in [7, 11) is 0. The number of aromatic nitrogens is 4. The molecule has 0 radical (unpaired) electrons. The Hall–Kier alpha value is -1.65. The molecule has 1 aliphatic carbocycles. The minimum absolute atomic E-state index is 1.44. The van der Waals surface area contributed by atoms with Crippen molar-refractivity contribution in [2.75, 3.05) is 0 Å². The normalized spacial score (nSPS) is 13.3. The van der Waals surface area contributed by atoms with E-state index in [4.69, 9.17) is 0 Å². The van der Waals surface area contributed by atoms with Crippen LogP contribution in [0.1, 0.15) is 32.1 Å². The molecule has 5 nitrogen and oxygen atoms in total. The van der Waals surface area contributed by atoms with Gasteiger partial charge >= 0.3 is 0 Å². The van der Waals surface area contributed by atoms with Crippen LogP contribution in [-0.2, 0) is 0 Å². The van der Waals surface area contributed by atoms with Gasteiger partial charge in [-0.25, -0.2) is 4.98 Å². The van der Waals surface area contributed by atoms with Crippen LogP contribution in [0.25, 0.3) is 0 Å². The van der Waals surface area contributed by atoms with Gasteiger partial charge in [0.2, 0.25) is 0 Å². The van der Waals surface area contributed by atoms with Gasteiger partial charge < -0.3 is 4.52 Å². The van der Waals surface area contributed by atoms with Gasteiger partial charge in [-0.3, -0.25) is 5.10 Å². The summed E-state index contributed by atoms with van der Waals surface area (Å²) in [6.45, 7) is 0. The summed E-state index contributed by atoms with van der Waals surface area (Å²) < 4.78 is 4.33. The van der Waals surface area contributed by atoms with E-state index < -0.39 is 0 Å². The average molecular weight is 208 g/mol. The smallest absolute Gasteiger partial charge is 0.137 e. The predicted octanol–water partition coefficient (Wildman–Crippen LogP) is 2.43. The predicted molar refractivity (Wildman–Crippen MR) is 56.0 cm³/mol. The van der Waals surface area contributed by atoms with Crippen molar-refractivity contribution in [3.05, 3.63) is 31.2 Å². The molecular weight excluding hydrogens is 192 g/mol. The van der Waals surface area contributed by atoms with Crippen molar-refractivity contribution < 1.29 is 4.52 Å². The van der Waals surface area contributed by atoms with Crippen molar-refractivity contribution >= 4 is 0 Å². The van der Waals surface area contributed by atoms with Crippen LogP contribution in [-0.4, -0.2) is 20.3 Å². The first kappa shape index (κ1) is 11.4. The molecular formula is C10H16N4O. The van der Waals surface area contributed by atoms with Crippen molar-refractivity contribution in [3.8, 4) is 0 Å². The van der Waals surface area contributed by atoms with E-state index in [1.807, 2.05) is 0 Å². The van der Waals surface area contributed by atoms with Crippen LogP contribution in [0.4, 0.5) is 0 Å². The zero-order valence-corrected chi connectivity index (χ0v) is 8.67. The Labute approximate surface area is 88.9 Å². The molecule has 0 unspecified atom stereocenters. The molecule has 2 aromatic rings. The van der Waals surface area contributed by atoms with Gasteiger partial charge in [0, 0.05) is 0 Å². The fourth-order valence-electron chi connectivity index (χ4n) is 1.23. The second-order valence-electron chi connectivity index (χ2n) is 3.11. The molecule has 0 spiro atoms. The van der Waals surface area contributed by atoms with E-state index in [0.29, 0.717) is 0 Å². The zero-order chi connectivity index (χ0) is 10.6. The Kier molecular flexibility index (Phi) is 6.80. The standard InChI is InChI=1S/C5H10.C3H3NO.C2H3N3/c2*1-2-4-5-3-1;1-3-2-5-4-1/h1-5H2;1-3H;1-2H,(H,3,4,5). The van der Waals surface area contributed by atoms with Gasteiger partial charge in [-0.1, -0.05) is 37.3 Å². The van der Waals surface area contributed by atoms with Crippen molar-refractivity contribution in [3.63, 3.8) is 0 Å². The number of hydrogen-bond donors (Lipinski definition) is 1. The second-order valence-corrected chi connectivity index (χ2v) is 3.11. The summed E-state index contributed by atoms with van der Waals surface area (Å²) in [4.78, 5) is 3.56. The van der Waals surface area contributed by atoms with Crippen molar-refractivity contribution in [1.82, 2.24) is 20.3 Å². The Morgan fingerprint density at radius 1 is 1.07 bits per heavy atom. The number of nitrogens with zero attached hydrogens (tertiary/aromatic N) is 3. The first-order valence-electron chi connectivity index (χ1n) is 5.13. The van der Waals surface area contributed by atoms with Crippen LogP contribution in [0.5, 0.6) is 0 Å². The first-order valence-corrected chi connectivity index (χ1v) is 5.13. The Morgan fingerprint density at radius 2 is 1.80 bits per heavy atom. The molecule has 2 heterocycles. The number of nitrogens with one attached hydrogen (secondary N) is 1. The van der Waals surface area contributed by atoms with Gasteiger partial charge in [0.15, 0.2) is 0 Å². The fraction of sp³-hybridized carbons (Fsp3) is 0.500. The van der Waals surface area contributed by atoms with E-state index in [-0.39, 0.29) is 0 Å². The summed E-state index contributed by atoms with van der Waals surface area (Å²) in [5.41, 5.74) is 0. The first-order chi connectivity index (χ1) is 7.50. The summed E-state index contributed by atoms with van der Waals surface area (Å²) in [5, 5.41) is 9.33. The average Bonchev–Trinajstić information content (AvgIpc) is 3.09. The van der Waals surface area contributed by atoms with Gasteiger partial charge in [0.05, 0.1) is 6.20 Å². The maximum Gasteiger partial charge on any atom is 0.137 e. The van der Waals surface area contributed by atoms with E-state index in [1.54, 1.807) is 12.3 Å². The lowest BCUT2D eigenvalue weighted by Crippen LogP contribution is -1.53. The number of H-pyrrole nitrogens is 1. The summed E-state index contributed by atoms with van der Waals surface area (Å²) in [6.07, 6.45) is 13.6. The largest absolute Gasteiger partial charge is 0.365 e. The van der Waals surface area contributed by atoms with Gasteiger partial charge in [-0.2, -0.15) is 5.10 Å². The lowest BCUT2D eigenvalue weighted by molar-refractivity contribution is 0.420. The van der Waals surface area contributed by atoms with Crippen molar-refractivity contribution in [1.29, 1.82) is 0 Å². The molecule has 1 saturated carbocycles. The molecule has 0 atom stereocenters. The summed E-state index contributed by atoms with van der Waals surface area (Å²) in [6, 6.07) is 1.72. The van der Waals surface area contributed by atoms with Crippen LogP contribution in [0.2, 0.25) is 0 Å². The lowest BCUT2D eigenvalue weighted by Gasteiger charge is -1.67. The lowest BCUT2D eigenvalue weighted by atomic mass is 10.4. The van der Waals surface area contributed by atoms with E-state index >= 15 is 0 Å². The maximum absolute atomic E-state index is 4.33. The summed E-state index contributed by atoms with van der Waals surface area (Å²) in [5.74, 6) is 0. The van der Waals surface area contributed by atoms with E-state index in [0.717, 1.165) is 0 Å². The molecule has 1 fully saturated rings. The minimum atomic E-state index is 1.44. The van der Waals surface area contributed by atoms with Crippen LogP contribution in [0, 0.1) is 0 Å². The van der Waals surface area contributed by atoms with Crippen molar-refractivity contribution in [2.24, 2.45) is 0 Å². The van der Waals surface area contributed by atoms with Crippen LogP contribution >= 0.6 is 0 Å². The number of aromatic amines is 1. The molecule has 3 rings (SSSR count). The SMILES string of the molecule is C1CCCC1.c1cnoc1.c1nc[nH]n1. The molecule has 2 aromatic heterocycles. The van der Waals surface area contributed by atoms with Crippen LogP contribution in [0.15, 0.2) is 35.7 Å². The van der Waals surface area contributed by atoms with E-state index in [1.165, 1.54) is 51.0 Å². The molecule has 1 N–H and O–H groups in total. The third-order valence-electron chi connectivity index (χ3n) is 1.93. The number of hydrogen-bond acceptors (Lipinski definition) is 4. The van der Waals surface area contributed by atoms with E-state index in [9.17, 15) is 0 Å². The monoisotopic (exact) mass is 208 g/mol. The number of rotatable bonds is 0. The summed E-state index contributed by atoms with van der Waals surface area (Å²) >= 11 is 0. The van der Waals surface area contributed by atoms with Gasteiger partial charge in [-0.15, -0.1) is 0 Å². The molecule has 0 amide bonds. The third kappa shape index (κ3) is 7.42. The topological polar surface area (TPSA) is 67.6 Å². The molecule has 82 valence electrons. The van der Waals surface area contributed by atoms with Gasteiger partial charge in [0.1, 0.15) is 18.9 Å². The molecule has 0 aromatic carbocycles. The Morgan fingerprint density at radius 3 is 2.00 bits per heavy atom. The molecule has 0 bridgehead atoms. The molecule has 0 aliphatic heterocycles. The quantitative estimate of drug-likeness (QED) is 0.722. The fourth-order valence-corrected chi connectivity index (χ4v) is 1.23. The molecule has 1 aliphatic rings. The van der Waals surface area contributed by atoms with Crippen LogP contribution in [0.3, 0.4) is 0 Å². The maximum atomic E-state index is 4.33. The van der Waals surface area contributed by atoms with Gasteiger partial charge in [0.25, 0.3) is 0 Å². The molecule has 15 heavy (non-hydrogen) atoms. The highest BCUT2D eigenvalue weighted by Gasteiger charge is 1.95. The van der Waals surface area contributed by atoms with Gasteiger partial charge in [-0.05, 0) is 6.07 Å². The van der Waals surface area contributed by atoms with Crippen molar-refractivity contribution in [2.45, 2.75) is 32.1 Å². The molecule has 5 heteroatoms. The zero-order valence-electron chi connectivity index (χ0n) is 8.67. The second kappa shape index (κ2) is 8.93. The highest BCUT2D eigenvalue weighted by Crippen LogP contribution is 2.15. The third-order valence-corrected chi connectivity index (χ3v) is 1.93. The Bertz CT molecular complexity index is 208.